The van der Waals surface area contributed by atoms with Crippen molar-refractivity contribution in [1.82, 2.24) is 20.4 Å². The summed E-state index contributed by atoms with van der Waals surface area (Å²) in [6.07, 6.45) is 2.56. The Labute approximate surface area is 104 Å². The van der Waals surface area contributed by atoms with E-state index in [0.29, 0.717) is 11.8 Å². The Morgan fingerprint density at radius 2 is 1.35 bits per heavy atom. The first-order chi connectivity index (χ1) is 8.33. The molecule has 0 atom stereocenters. The minimum atomic E-state index is 0.437. The average molecular weight is 293 g/mol. The lowest BCUT2D eigenvalue weighted by Gasteiger charge is -2.00. The molecule has 0 bridgehead atoms. The van der Waals surface area contributed by atoms with Crippen LogP contribution in [0.3, 0.4) is 0 Å². The van der Waals surface area contributed by atoms with Crippen LogP contribution >= 0.6 is 15.9 Å². The number of halogens is 1. The number of benzene rings is 1. The maximum atomic E-state index is 5.14. The first kappa shape index (κ1) is 10.2. The summed E-state index contributed by atoms with van der Waals surface area (Å²) in [6, 6.07) is 5.58. The molecule has 0 unspecified atom stereocenters. The van der Waals surface area contributed by atoms with E-state index in [1.165, 1.54) is 12.8 Å². The molecule has 0 saturated heterocycles. The minimum absolute atomic E-state index is 0.437. The van der Waals surface area contributed by atoms with Crippen molar-refractivity contribution in [3.05, 3.63) is 35.5 Å². The van der Waals surface area contributed by atoms with Crippen LogP contribution in [0, 0.1) is 0 Å². The molecule has 0 saturated carbocycles. The quantitative estimate of drug-likeness (QED) is 0.722. The molecule has 2 heterocycles. The van der Waals surface area contributed by atoms with E-state index < -0.39 is 0 Å². The van der Waals surface area contributed by atoms with Gasteiger partial charge in [-0.25, -0.2) is 0 Å². The Kier molecular flexibility index (Phi) is 2.45. The van der Waals surface area contributed by atoms with Crippen molar-refractivity contribution in [2.45, 2.75) is 0 Å². The second kappa shape index (κ2) is 4.10. The van der Waals surface area contributed by atoms with Crippen molar-refractivity contribution in [1.29, 1.82) is 0 Å². The van der Waals surface area contributed by atoms with E-state index in [2.05, 4.69) is 36.3 Å². The second-order valence-electron chi connectivity index (χ2n) is 3.22. The highest BCUT2D eigenvalue weighted by atomic mass is 79.9. The molecule has 2 aromatic heterocycles. The topological polar surface area (TPSA) is 77.8 Å². The van der Waals surface area contributed by atoms with Crippen molar-refractivity contribution >= 4 is 15.9 Å². The molecule has 0 spiro atoms. The lowest BCUT2D eigenvalue weighted by molar-refractivity contribution is 0.566. The fraction of sp³-hybridized carbons (Fsp3) is 0. The van der Waals surface area contributed by atoms with Crippen LogP contribution < -0.4 is 0 Å². The number of hydrogen-bond donors (Lipinski definition) is 0. The summed E-state index contributed by atoms with van der Waals surface area (Å²) in [5.74, 6) is 0.874. The standard InChI is InChI=1S/C10H5BrN4O2/c11-8-2-6(9-14-12-4-16-9)1-7(3-8)10-15-13-5-17-10/h1-5H. The highest BCUT2D eigenvalue weighted by molar-refractivity contribution is 9.10. The van der Waals surface area contributed by atoms with Crippen molar-refractivity contribution in [3.8, 4) is 22.9 Å². The van der Waals surface area contributed by atoms with Crippen LogP contribution in [0.5, 0.6) is 0 Å². The smallest absolute Gasteiger partial charge is 0.247 e. The van der Waals surface area contributed by atoms with Gasteiger partial charge in [0.15, 0.2) is 0 Å². The van der Waals surface area contributed by atoms with Gasteiger partial charge in [0, 0.05) is 15.6 Å². The summed E-state index contributed by atoms with van der Waals surface area (Å²) < 4.78 is 11.1. The average Bonchev–Trinajstić information content (AvgIpc) is 3.02. The first-order valence-corrected chi connectivity index (χ1v) is 5.46. The first-order valence-electron chi connectivity index (χ1n) is 4.66. The Morgan fingerprint density at radius 1 is 0.824 bits per heavy atom. The summed E-state index contributed by atoms with van der Waals surface area (Å²) in [6.45, 7) is 0. The number of aromatic nitrogens is 4. The van der Waals surface area contributed by atoms with Gasteiger partial charge in [-0.1, -0.05) is 15.9 Å². The zero-order valence-electron chi connectivity index (χ0n) is 8.37. The molecule has 17 heavy (non-hydrogen) atoms. The highest BCUT2D eigenvalue weighted by Crippen LogP contribution is 2.28. The Bertz CT molecular complexity index is 569. The van der Waals surface area contributed by atoms with Gasteiger partial charge in [0.2, 0.25) is 24.6 Å². The maximum absolute atomic E-state index is 5.14. The normalized spacial score (nSPS) is 10.6. The fourth-order valence-electron chi connectivity index (χ4n) is 1.43. The third-order valence-corrected chi connectivity index (χ3v) is 2.57. The third kappa shape index (κ3) is 1.96. The van der Waals surface area contributed by atoms with Gasteiger partial charge >= 0.3 is 0 Å². The molecule has 84 valence electrons. The molecular weight excluding hydrogens is 288 g/mol. The summed E-state index contributed by atoms with van der Waals surface area (Å²) in [7, 11) is 0. The van der Waals surface area contributed by atoms with Gasteiger partial charge in [-0.2, -0.15) is 0 Å². The molecule has 7 heteroatoms. The summed E-state index contributed by atoms with van der Waals surface area (Å²) in [4.78, 5) is 0. The minimum Gasteiger partial charge on any atom is -0.423 e. The zero-order chi connectivity index (χ0) is 11.7. The van der Waals surface area contributed by atoms with E-state index in [4.69, 9.17) is 8.83 Å². The maximum Gasteiger partial charge on any atom is 0.247 e. The van der Waals surface area contributed by atoms with Gasteiger partial charge in [-0.15, -0.1) is 20.4 Å². The Hall–Kier alpha value is -2.02. The summed E-state index contributed by atoms with van der Waals surface area (Å²) >= 11 is 3.40. The van der Waals surface area contributed by atoms with Crippen LogP contribution in [0.2, 0.25) is 0 Å². The van der Waals surface area contributed by atoms with E-state index in [9.17, 15) is 0 Å². The summed E-state index contributed by atoms with van der Waals surface area (Å²) in [5, 5.41) is 15.0. The van der Waals surface area contributed by atoms with Gasteiger partial charge in [-0.05, 0) is 18.2 Å². The fourth-order valence-corrected chi connectivity index (χ4v) is 1.93. The molecule has 3 aromatic rings. The van der Waals surface area contributed by atoms with E-state index in [1.54, 1.807) is 0 Å². The monoisotopic (exact) mass is 292 g/mol. The lowest BCUT2D eigenvalue weighted by Crippen LogP contribution is -1.83. The molecule has 0 radical (unpaired) electrons. The van der Waals surface area contributed by atoms with Gasteiger partial charge in [0.1, 0.15) is 0 Å². The van der Waals surface area contributed by atoms with Crippen molar-refractivity contribution in [3.63, 3.8) is 0 Å². The van der Waals surface area contributed by atoms with Crippen LogP contribution in [-0.4, -0.2) is 20.4 Å². The van der Waals surface area contributed by atoms with Gasteiger partial charge in [-0.3, -0.25) is 0 Å². The molecule has 0 aliphatic heterocycles. The number of nitrogens with zero attached hydrogens (tertiary/aromatic N) is 4. The predicted octanol–water partition coefficient (Wildman–Crippen LogP) is 2.55. The van der Waals surface area contributed by atoms with Crippen LogP contribution in [0.1, 0.15) is 0 Å². The third-order valence-electron chi connectivity index (χ3n) is 2.11. The Morgan fingerprint density at radius 3 is 1.76 bits per heavy atom. The molecule has 3 rings (SSSR count). The van der Waals surface area contributed by atoms with Crippen molar-refractivity contribution < 1.29 is 8.83 Å². The van der Waals surface area contributed by atoms with Crippen molar-refractivity contribution in [2.75, 3.05) is 0 Å². The highest BCUT2D eigenvalue weighted by Gasteiger charge is 2.10. The molecule has 0 aliphatic carbocycles. The molecule has 6 nitrogen and oxygen atoms in total. The van der Waals surface area contributed by atoms with Crippen LogP contribution in [0.25, 0.3) is 22.9 Å². The van der Waals surface area contributed by atoms with Crippen LogP contribution in [0.4, 0.5) is 0 Å². The Balaban J connectivity index is 2.13. The molecular formula is C10H5BrN4O2. The SMILES string of the molecule is Brc1cc(-c2nnco2)cc(-c2nnco2)c1. The van der Waals surface area contributed by atoms with E-state index in [1.807, 2.05) is 18.2 Å². The molecule has 1 aromatic carbocycles. The van der Waals surface area contributed by atoms with Crippen LogP contribution in [-0.2, 0) is 0 Å². The molecule has 0 amide bonds. The largest absolute Gasteiger partial charge is 0.423 e. The molecule has 0 fully saturated rings. The molecule has 0 N–H and O–H groups in total. The van der Waals surface area contributed by atoms with E-state index in [-0.39, 0.29) is 0 Å². The van der Waals surface area contributed by atoms with E-state index in [0.717, 1.165) is 15.6 Å². The summed E-state index contributed by atoms with van der Waals surface area (Å²) in [5.41, 5.74) is 1.56. The van der Waals surface area contributed by atoms with E-state index >= 15 is 0 Å². The molecule has 0 aliphatic rings. The van der Waals surface area contributed by atoms with Crippen molar-refractivity contribution in [2.24, 2.45) is 0 Å². The predicted molar refractivity (Wildman–Crippen MR) is 60.7 cm³/mol. The number of hydrogen-bond acceptors (Lipinski definition) is 6. The zero-order valence-corrected chi connectivity index (χ0v) is 9.96. The van der Waals surface area contributed by atoms with Gasteiger partial charge in [0.05, 0.1) is 0 Å². The lowest BCUT2D eigenvalue weighted by atomic mass is 10.1. The second-order valence-corrected chi connectivity index (χ2v) is 4.13. The number of rotatable bonds is 2. The van der Waals surface area contributed by atoms with Gasteiger partial charge < -0.3 is 8.83 Å². The van der Waals surface area contributed by atoms with Gasteiger partial charge in [0.25, 0.3) is 0 Å². The van der Waals surface area contributed by atoms with Crippen LogP contribution in [0.15, 0.2) is 44.3 Å².